The molecule has 1 heterocycles. The van der Waals surface area contributed by atoms with Gasteiger partial charge in [0.15, 0.2) is 0 Å². The van der Waals surface area contributed by atoms with Crippen LogP contribution in [0.5, 0.6) is 0 Å². The summed E-state index contributed by atoms with van der Waals surface area (Å²) in [5.74, 6) is 0.546. The zero-order chi connectivity index (χ0) is 15.5. The molecule has 6 nitrogen and oxygen atoms in total. The minimum atomic E-state index is -3.52. The van der Waals surface area contributed by atoms with Crippen LogP contribution in [-0.4, -0.2) is 42.3 Å². The number of nitrogen functional groups attached to an aromatic ring is 1. The maximum absolute atomic E-state index is 12.2. The Labute approximate surface area is 126 Å². The van der Waals surface area contributed by atoms with E-state index in [-0.39, 0.29) is 4.90 Å². The van der Waals surface area contributed by atoms with Crippen molar-refractivity contribution in [2.45, 2.75) is 17.7 Å². The first-order valence-electron chi connectivity index (χ1n) is 7.05. The number of benzene rings is 1. The summed E-state index contributed by atoms with van der Waals surface area (Å²) in [6.07, 6.45) is 1.99. The van der Waals surface area contributed by atoms with E-state index in [1.165, 1.54) is 13.1 Å². The molecular formula is C14H23N3O3S. The molecule has 0 amide bonds. The Hall–Kier alpha value is -1.31. The summed E-state index contributed by atoms with van der Waals surface area (Å²) in [5.41, 5.74) is 6.91. The number of sulfonamides is 1. The van der Waals surface area contributed by atoms with Crippen molar-refractivity contribution >= 4 is 21.4 Å². The van der Waals surface area contributed by atoms with E-state index in [1.54, 1.807) is 19.2 Å². The smallest absolute Gasteiger partial charge is 0.242 e. The highest BCUT2D eigenvalue weighted by atomic mass is 32.2. The maximum atomic E-state index is 12.2. The molecule has 0 spiro atoms. The maximum Gasteiger partial charge on any atom is 0.242 e. The molecule has 1 saturated heterocycles. The number of anilines is 2. The lowest BCUT2D eigenvalue weighted by atomic mass is 9.97. The summed E-state index contributed by atoms with van der Waals surface area (Å²) in [4.78, 5) is 2.35. The van der Waals surface area contributed by atoms with Gasteiger partial charge in [-0.1, -0.05) is 0 Å². The number of methoxy groups -OCH3 is 1. The van der Waals surface area contributed by atoms with Gasteiger partial charge in [0.1, 0.15) is 4.90 Å². The van der Waals surface area contributed by atoms with Gasteiger partial charge >= 0.3 is 0 Å². The molecule has 1 aliphatic heterocycles. The summed E-state index contributed by atoms with van der Waals surface area (Å²) in [5, 5.41) is 0. The largest absolute Gasteiger partial charge is 0.399 e. The van der Waals surface area contributed by atoms with Gasteiger partial charge in [0, 0.05) is 32.5 Å². The third kappa shape index (κ3) is 3.66. The summed E-state index contributed by atoms with van der Waals surface area (Å²) in [6, 6.07) is 5.05. The van der Waals surface area contributed by atoms with Gasteiger partial charge in [-0.15, -0.1) is 0 Å². The van der Waals surface area contributed by atoms with E-state index < -0.39 is 10.0 Å². The standard InChI is InChI=1S/C14H23N3O3S/c1-16-21(18,19)14-9-12(15)3-4-13(14)17-7-5-11(6-8-17)10-20-2/h3-4,9,11,16H,5-8,10,15H2,1-2H3. The fraction of sp³-hybridized carbons (Fsp3) is 0.571. The van der Waals surface area contributed by atoms with Crippen LogP contribution < -0.4 is 15.4 Å². The van der Waals surface area contributed by atoms with Crippen molar-refractivity contribution in [3.8, 4) is 0 Å². The van der Waals surface area contributed by atoms with Crippen LogP contribution in [0.15, 0.2) is 23.1 Å². The quantitative estimate of drug-likeness (QED) is 0.794. The van der Waals surface area contributed by atoms with E-state index in [1.807, 2.05) is 0 Å². The molecule has 0 aliphatic carbocycles. The minimum Gasteiger partial charge on any atom is -0.399 e. The summed E-state index contributed by atoms with van der Waals surface area (Å²) in [6.45, 7) is 2.41. The molecule has 0 atom stereocenters. The molecule has 3 N–H and O–H groups in total. The highest BCUT2D eigenvalue weighted by Gasteiger charge is 2.25. The van der Waals surface area contributed by atoms with E-state index in [0.717, 1.165) is 38.2 Å². The van der Waals surface area contributed by atoms with Crippen molar-refractivity contribution in [3.05, 3.63) is 18.2 Å². The van der Waals surface area contributed by atoms with Crippen LogP contribution in [0.1, 0.15) is 12.8 Å². The van der Waals surface area contributed by atoms with Gasteiger partial charge in [0.2, 0.25) is 10.0 Å². The molecule has 7 heteroatoms. The molecule has 1 aromatic rings. The molecular weight excluding hydrogens is 290 g/mol. The molecule has 1 aliphatic rings. The molecule has 1 aromatic carbocycles. The summed E-state index contributed by atoms with van der Waals surface area (Å²) >= 11 is 0. The fourth-order valence-electron chi connectivity index (χ4n) is 2.69. The molecule has 0 saturated carbocycles. The van der Waals surface area contributed by atoms with Gasteiger partial charge in [0.25, 0.3) is 0 Å². The van der Waals surface area contributed by atoms with Gasteiger partial charge in [-0.2, -0.15) is 0 Å². The van der Waals surface area contributed by atoms with E-state index >= 15 is 0 Å². The monoisotopic (exact) mass is 313 g/mol. The first kappa shape index (κ1) is 16.1. The van der Waals surface area contributed by atoms with Crippen LogP contribution in [0.3, 0.4) is 0 Å². The highest BCUT2D eigenvalue weighted by Crippen LogP contribution is 2.30. The zero-order valence-corrected chi connectivity index (χ0v) is 13.3. The molecule has 0 aromatic heterocycles. The molecule has 0 unspecified atom stereocenters. The van der Waals surface area contributed by atoms with Crippen molar-refractivity contribution < 1.29 is 13.2 Å². The molecule has 21 heavy (non-hydrogen) atoms. The fourth-order valence-corrected chi connectivity index (χ4v) is 3.68. The number of nitrogens with one attached hydrogen (secondary N) is 1. The first-order valence-corrected chi connectivity index (χ1v) is 8.53. The van der Waals surface area contributed by atoms with Crippen LogP contribution in [0.4, 0.5) is 11.4 Å². The second-order valence-corrected chi connectivity index (χ2v) is 7.18. The summed E-state index contributed by atoms with van der Waals surface area (Å²) in [7, 11) is -0.399. The number of nitrogens with two attached hydrogens (primary N) is 1. The number of nitrogens with zero attached hydrogens (tertiary/aromatic N) is 1. The van der Waals surface area contributed by atoms with Crippen LogP contribution in [0, 0.1) is 5.92 Å². The van der Waals surface area contributed by atoms with Crippen molar-refractivity contribution in [3.63, 3.8) is 0 Å². The van der Waals surface area contributed by atoms with Crippen molar-refractivity contribution in [2.75, 3.05) is 44.5 Å². The van der Waals surface area contributed by atoms with E-state index in [2.05, 4.69) is 9.62 Å². The average Bonchev–Trinajstić information content (AvgIpc) is 2.48. The summed E-state index contributed by atoms with van der Waals surface area (Å²) < 4.78 is 31.9. The highest BCUT2D eigenvalue weighted by molar-refractivity contribution is 7.89. The number of hydrogen-bond acceptors (Lipinski definition) is 5. The van der Waals surface area contributed by atoms with Crippen LogP contribution >= 0.6 is 0 Å². The van der Waals surface area contributed by atoms with Crippen molar-refractivity contribution in [1.82, 2.24) is 4.72 Å². The Morgan fingerprint density at radius 3 is 2.62 bits per heavy atom. The Kier molecular flexibility index (Phi) is 5.08. The lowest BCUT2D eigenvalue weighted by Gasteiger charge is -2.34. The zero-order valence-electron chi connectivity index (χ0n) is 12.5. The minimum absolute atomic E-state index is 0.246. The van der Waals surface area contributed by atoms with Crippen molar-refractivity contribution in [2.24, 2.45) is 5.92 Å². The van der Waals surface area contributed by atoms with Gasteiger partial charge in [-0.3, -0.25) is 0 Å². The Morgan fingerprint density at radius 2 is 2.05 bits per heavy atom. The lowest BCUT2D eigenvalue weighted by Crippen LogP contribution is -2.36. The lowest BCUT2D eigenvalue weighted by molar-refractivity contribution is 0.139. The number of hydrogen-bond donors (Lipinski definition) is 2. The number of piperidine rings is 1. The predicted octanol–water partition coefficient (Wildman–Crippen LogP) is 1.04. The van der Waals surface area contributed by atoms with E-state index in [9.17, 15) is 8.42 Å². The first-order chi connectivity index (χ1) is 9.97. The van der Waals surface area contributed by atoms with Crippen LogP contribution in [0.25, 0.3) is 0 Å². The molecule has 2 rings (SSSR count). The molecule has 1 fully saturated rings. The Morgan fingerprint density at radius 1 is 1.38 bits per heavy atom. The third-order valence-corrected chi connectivity index (χ3v) is 5.34. The number of ether oxygens (including phenoxy) is 1. The Balaban J connectivity index is 2.25. The second-order valence-electron chi connectivity index (χ2n) is 5.32. The topological polar surface area (TPSA) is 84.7 Å². The van der Waals surface area contributed by atoms with E-state index in [0.29, 0.717) is 11.6 Å². The molecule has 0 radical (unpaired) electrons. The SMILES string of the molecule is CNS(=O)(=O)c1cc(N)ccc1N1CCC(COC)CC1. The van der Waals surface area contributed by atoms with Crippen molar-refractivity contribution in [1.29, 1.82) is 0 Å². The van der Waals surface area contributed by atoms with Crippen LogP contribution in [0.2, 0.25) is 0 Å². The number of rotatable bonds is 5. The van der Waals surface area contributed by atoms with E-state index in [4.69, 9.17) is 10.5 Å². The molecule has 118 valence electrons. The average molecular weight is 313 g/mol. The predicted molar refractivity (Wildman–Crippen MR) is 83.9 cm³/mol. The van der Waals surface area contributed by atoms with Gasteiger partial charge in [-0.25, -0.2) is 13.1 Å². The third-order valence-electron chi connectivity index (χ3n) is 3.90. The van der Waals surface area contributed by atoms with Gasteiger partial charge in [-0.05, 0) is 44.0 Å². The normalized spacial score (nSPS) is 17.1. The molecule has 0 bridgehead atoms. The Bertz CT molecular complexity index is 581. The van der Waals surface area contributed by atoms with Gasteiger partial charge in [0.05, 0.1) is 5.69 Å². The van der Waals surface area contributed by atoms with Crippen LogP contribution in [-0.2, 0) is 14.8 Å². The second kappa shape index (κ2) is 6.64. The van der Waals surface area contributed by atoms with Gasteiger partial charge < -0.3 is 15.4 Å².